The summed E-state index contributed by atoms with van der Waals surface area (Å²) in [6, 6.07) is 82.3. The molecular formula is C60H39IrN4-3. The number of pyridine rings is 2. The summed E-state index contributed by atoms with van der Waals surface area (Å²) in [6.07, 6.45) is 7.40. The molecule has 311 valence electrons. The van der Waals surface area contributed by atoms with Gasteiger partial charge in [0.15, 0.2) is 0 Å². The van der Waals surface area contributed by atoms with Crippen molar-refractivity contribution >= 4 is 11.0 Å². The Morgan fingerprint density at radius 2 is 0.846 bits per heavy atom. The Morgan fingerprint density at radius 3 is 1.28 bits per heavy atom. The summed E-state index contributed by atoms with van der Waals surface area (Å²) in [4.78, 5) is 9.80. The topological polar surface area (TPSA) is 34.6 Å². The van der Waals surface area contributed by atoms with Crippen LogP contribution in [-0.4, -0.2) is 14.5 Å². The molecule has 0 unspecified atom stereocenters. The Labute approximate surface area is 393 Å². The van der Waals surface area contributed by atoms with Crippen LogP contribution in [0.5, 0.6) is 0 Å². The standard InChI is InChI=1S/C60H39N4.Ir/c1-63-41-64(60-27-15-14-26-59(60)63)50-32-28-42(29-33-50)51-20-8-11-23-54(51)47-36-48(55-24-12-9-21-52(55)45-30-34-57(61-39-45)43-16-4-2-5-17-43)38-49(37-47)56-25-13-10-22-53(56)46-31-35-58(62-40-46)44-18-6-3-7-19-44;/h2-16,18,20-32,34-40H,1H3;/q-3;. The van der Waals surface area contributed by atoms with Crippen LogP contribution in [-0.2, 0) is 27.2 Å². The molecule has 5 heteroatoms. The smallest absolute Gasteiger partial charge is 0.242 e. The van der Waals surface area contributed by atoms with E-state index in [1.165, 1.54) is 0 Å². The summed E-state index contributed by atoms with van der Waals surface area (Å²) in [5.74, 6) is 0. The molecule has 0 saturated heterocycles. The summed E-state index contributed by atoms with van der Waals surface area (Å²) in [7, 11) is 2.03. The fraction of sp³-hybridized carbons (Fsp3) is 0.0167. The molecule has 0 N–H and O–H groups in total. The van der Waals surface area contributed by atoms with Gasteiger partial charge in [0.05, 0.1) is 18.1 Å². The van der Waals surface area contributed by atoms with Gasteiger partial charge in [0.1, 0.15) is 0 Å². The van der Waals surface area contributed by atoms with Gasteiger partial charge in [-0.15, -0.1) is 77.4 Å². The number of aromatic nitrogens is 4. The van der Waals surface area contributed by atoms with E-state index in [1.54, 1.807) is 0 Å². The molecule has 4 nitrogen and oxygen atoms in total. The van der Waals surface area contributed by atoms with Gasteiger partial charge in [-0.25, -0.2) is 0 Å². The Bertz CT molecular complexity index is 3270. The van der Waals surface area contributed by atoms with E-state index in [-0.39, 0.29) is 20.1 Å². The predicted octanol–water partition coefficient (Wildman–Crippen LogP) is 13.8. The maximum absolute atomic E-state index is 4.90. The third-order valence-electron chi connectivity index (χ3n) is 11.8. The van der Waals surface area contributed by atoms with E-state index >= 15 is 0 Å². The van der Waals surface area contributed by atoms with Gasteiger partial charge in [-0.2, -0.15) is 24.3 Å². The van der Waals surface area contributed by atoms with Gasteiger partial charge in [0.2, 0.25) is 6.33 Å². The molecule has 3 heterocycles. The largest absolute Gasteiger partial charge is 0.342 e. The molecule has 0 atom stereocenters. The fourth-order valence-electron chi connectivity index (χ4n) is 8.69. The minimum Gasteiger partial charge on any atom is -0.342 e. The average Bonchev–Trinajstić information content (AvgIpc) is 3.72. The maximum atomic E-state index is 4.90. The van der Waals surface area contributed by atoms with Crippen molar-refractivity contribution < 1.29 is 24.7 Å². The first kappa shape index (κ1) is 41.2. The van der Waals surface area contributed by atoms with Crippen LogP contribution in [0.1, 0.15) is 0 Å². The number of benzene rings is 8. The number of hydrogen-bond donors (Lipinski definition) is 0. The Morgan fingerprint density at radius 1 is 0.415 bits per heavy atom. The molecule has 8 aromatic carbocycles. The van der Waals surface area contributed by atoms with Crippen molar-refractivity contribution in [2.75, 3.05) is 0 Å². The van der Waals surface area contributed by atoms with E-state index in [0.29, 0.717) is 0 Å². The third-order valence-corrected chi connectivity index (χ3v) is 11.8. The van der Waals surface area contributed by atoms with Gasteiger partial charge in [-0.05, 0) is 85.2 Å². The zero-order valence-electron chi connectivity index (χ0n) is 35.4. The first-order valence-electron chi connectivity index (χ1n) is 21.4. The molecule has 0 amide bonds. The van der Waals surface area contributed by atoms with Crippen LogP contribution < -0.4 is 4.57 Å². The van der Waals surface area contributed by atoms with Crippen molar-refractivity contribution in [2.24, 2.45) is 7.05 Å². The minimum absolute atomic E-state index is 0. The molecule has 0 aliphatic rings. The van der Waals surface area contributed by atoms with E-state index in [1.807, 2.05) is 72.5 Å². The SMILES string of the molecule is C[n+]1[c-]n(-c2[c-]cc(-c3ccccc3-c3cc(-c4ccccc4-c4ccc(-c5[c-]cccc5)nc4)cc(-c4ccccc4-c4ccc(-c5[c-]cccc5)nc4)c3)cc2)c2ccccc21.[Ir]. The Hall–Kier alpha value is -7.82. The van der Waals surface area contributed by atoms with Crippen molar-refractivity contribution in [3.63, 3.8) is 0 Å². The summed E-state index contributed by atoms with van der Waals surface area (Å²) in [6.45, 7) is 0. The normalized spacial score (nSPS) is 11.0. The van der Waals surface area contributed by atoms with Crippen molar-refractivity contribution in [2.45, 2.75) is 0 Å². The van der Waals surface area contributed by atoms with E-state index < -0.39 is 0 Å². The van der Waals surface area contributed by atoms with Crippen LogP contribution in [0, 0.1) is 24.5 Å². The number of para-hydroxylation sites is 2. The summed E-state index contributed by atoms with van der Waals surface area (Å²) < 4.78 is 4.10. The van der Waals surface area contributed by atoms with E-state index in [4.69, 9.17) is 9.97 Å². The van der Waals surface area contributed by atoms with Crippen molar-refractivity contribution in [3.8, 4) is 95.0 Å². The van der Waals surface area contributed by atoms with E-state index in [0.717, 1.165) is 106 Å². The third kappa shape index (κ3) is 8.16. The van der Waals surface area contributed by atoms with Crippen LogP contribution in [0.2, 0.25) is 0 Å². The summed E-state index contributed by atoms with van der Waals surface area (Å²) in [5, 5.41) is 0. The summed E-state index contributed by atoms with van der Waals surface area (Å²) in [5.41, 5.74) is 20.0. The first-order chi connectivity index (χ1) is 31.6. The molecule has 3 aromatic heterocycles. The number of aryl methyl sites for hydroxylation is 1. The average molecular weight is 1010 g/mol. The second kappa shape index (κ2) is 18.1. The molecule has 11 rings (SSSR count). The number of imidazole rings is 1. The molecule has 0 aliphatic carbocycles. The van der Waals surface area contributed by atoms with Gasteiger partial charge >= 0.3 is 0 Å². The zero-order valence-corrected chi connectivity index (χ0v) is 37.8. The van der Waals surface area contributed by atoms with Gasteiger partial charge in [-0.1, -0.05) is 133 Å². The number of rotatable bonds is 9. The van der Waals surface area contributed by atoms with Crippen molar-refractivity contribution in [1.82, 2.24) is 14.5 Å². The summed E-state index contributed by atoms with van der Waals surface area (Å²) >= 11 is 0. The molecule has 0 aliphatic heterocycles. The van der Waals surface area contributed by atoms with Gasteiger partial charge in [0, 0.05) is 32.5 Å². The van der Waals surface area contributed by atoms with Crippen LogP contribution in [0.25, 0.3) is 106 Å². The van der Waals surface area contributed by atoms with Crippen LogP contribution in [0.4, 0.5) is 0 Å². The zero-order chi connectivity index (χ0) is 42.8. The number of fused-ring (bicyclic) bond motifs is 1. The first-order valence-corrected chi connectivity index (χ1v) is 21.4. The minimum atomic E-state index is 0. The Kier molecular flexibility index (Phi) is 11.5. The molecule has 0 bridgehead atoms. The van der Waals surface area contributed by atoms with E-state index in [2.05, 4.69) is 187 Å². The quantitative estimate of drug-likeness (QED) is 0.107. The maximum Gasteiger partial charge on any atom is 0.242 e. The van der Waals surface area contributed by atoms with Gasteiger partial charge < -0.3 is 19.1 Å². The second-order valence-corrected chi connectivity index (χ2v) is 15.8. The number of hydrogen-bond acceptors (Lipinski definition) is 2. The van der Waals surface area contributed by atoms with Crippen molar-refractivity contribution in [3.05, 3.63) is 243 Å². The fourth-order valence-corrected chi connectivity index (χ4v) is 8.69. The molecule has 0 spiro atoms. The second-order valence-electron chi connectivity index (χ2n) is 15.8. The van der Waals surface area contributed by atoms with Crippen LogP contribution >= 0.6 is 0 Å². The van der Waals surface area contributed by atoms with Crippen molar-refractivity contribution in [1.29, 1.82) is 0 Å². The molecule has 1 radical (unpaired) electrons. The molecular weight excluding hydrogens is 969 g/mol. The van der Waals surface area contributed by atoms with Gasteiger partial charge in [0.25, 0.3) is 0 Å². The predicted molar refractivity (Wildman–Crippen MR) is 259 cm³/mol. The Balaban J connectivity index is 0.00000498. The van der Waals surface area contributed by atoms with Crippen LogP contribution in [0.3, 0.4) is 0 Å². The molecule has 11 aromatic rings. The molecule has 0 saturated carbocycles. The number of nitrogens with zero attached hydrogens (tertiary/aromatic N) is 4. The monoisotopic (exact) mass is 1010 g/mol. The molecule has 0 fully saturated rings. The van der Waals surface area contributed by atoms with E-state index in [9.17, 15) is 0 Å². The molecule has 65 heavy (non-hydrogen) atoms. The van der Waals surface area contributed by atoms with Crippen LogP contribution in [0.15, 0.2) is 219 Å². The van der Waals surface area contributed by atoms with Gasteiger partial charge in [-0.3, -0.25) is 0 Å².